The van der Waals surface area contributed by atoms with E-state index in [1.165, 1.54) is 32.1 Å². The number of hydrogen-bond donors (Lipinski definition) is 1. The fraction of sp³-hybridized carbons (Fsp3) is 1.00. The molecule has 0 aliphatic rings. The molecule has 4 heteroatoms. The van der Waals surface area contributed by atoms with Crippen molar-refractivity contribution in [1.29, 1.82) is 0 Å². The van der Waals surface area contributed by atoms with Crippen LogP contribution < -0.4 is 0 Å². The van der Waals surface area contributed by atoms with Crippen molar-refractivity contribution >= 4 is 0 Å². The van der Waals surface area contributed by atoms with E-state index < -0.39 is 0 Å². The van der Waals surface area contributed by atoms with Crippen molar-refractivity contribution in [3.05, 3.63) is 0 Å². The van der Waals surface area contributed by atoms with Crippen LogP contribution in [0.3, 0.4) is 0 Å². The van der Waals surface area contributed by atoms with E-state index in [9.17, 15) is 0 Å². The van der Waals surface area contributed by atoms with Crippen molar-refractivity contribution in [3.8, 4) is 0 Å². The van der Waals surface area contributed by atoms with Crippen LogP contribution in [0.4, 0.5) is 0 Å². The summed E-state index contributed by atoms with van der Waals surface area (Å²) < 4.78 is 15.9. The number of rotatable bonds is 16. The first-order valence-corrected chi connectivity index (χ1v) is 8.15. The highest BCUT2D eigenvalue weighted by Crippen LogP contribution is 2.12. The molecular formula is C16H34O4. The van der Waals surface area contributed by atoms with Gasteiger partial charge in [-0.15, -0.1) is 0 Å². The molecule has 0 aromatic heterocycles. The van der Waals surface area contributed by atoms with Crippen molar-refractivity contribution in [2.45, 2.75) is 52.4 Å². The van der Waals surface area contributed by atoms with Crippen LogP contribution in [0.5, 0.6) is 0 Å². The van der Waals surface area contributed by atoms with Crippen LogP contribution in [0.15, 0.2) is 0 Å². The van der Waals surface area contributed by atoms with Gasteiger partial charge in [-0.05, 0) is 12.3 Å². The minimum Gasteiger partial charge on any atom is -0.394 e. The summed E-state index contributed by atoms with van der Waals surface area (Å²) in [7, 11) is 0. The SMILES string of the molecule is CCC(C)CCCCCCOCCOCCOCCO. The third kappa shape index (κ3) is 15.9. The highest BCUT2D eigenvalue weighted by Gasteiger charge is 1.98. The lowest BCUT2D eigenvalue weighted by Crippen LogP contribution is -2.11. The minimum absolute atomic E-state index is 0.0699. The van der Waals surface area contributed by atoms with Gasteiger partial charge < -0.3 is 19.3 Å². The van der Waals surface area contributed by atoms with E-state index in [0.29, 0.717) is 33.0 Å². The maximum absolute atomic E-state index is 8.50. The predicted molar refractivity (Wildman–Crippen MR) is 82.1 cm³/mol. The lowest BCUT2D eigenvalue weighted by molar-refractivity contribution is 0.00719. The van der Waals surface area contributed by atoms with Gasteiger partial charge in [0.2, 0.25) is 0 Å². The normalized spacial score (nSPS) is 12.8. The van der Waals surface area contributed by atoms with E-state index in [4.69, 9.17) is 19.3 Å². The van der Waals surface area contributed by atoms with Gasteiger partial charge in [0, 0.05) is 6.61 Å². The maximum atomic E-state index is 8.50. The summed E-state index contributed by atoms with van der Waals surface area (Å²) in [4.78, 5) is 0. The van der Waals surface area contributed by atoms with E-state index in [2.05, 4.69) is 13.8 Å². The molecule has 0 spiro atoms. The van der Waals surface area contributed by atoms with E-state index >= 15 is 0 Å². The first-order valence-electron chi connectivity index (χ1n) is 8.15. The molecule has 0 heterocycles. The second kappa shape index (κ2) is 16.9. The van der Waals surface area contributed by atoms with Crippen molar-refractivity contribution in [2.75, 3.05) is 46.2 Å². The fourth-order valence-electron chi connectivity index (χ4n) is 1.86. The molecule has 0 aromatic rings. The molecule has 0 fully saturated rings. The average Bonchev–Trinajstić information content (AvgIpc) is 2.47. The first-order chi connectivity index (χ1) is 9.81. The smallest absolute Gasteiger partial charge is 0.0701 e. The Morgan fingerprint density at radius 1 is 0.750 bits per heavy atom. The largest absolute Gasteiger partial charge is 0.394 e. The minimum atomic E-state index is 0.0699. The van der Waals surface area contributed by atoms with Gasteiger partial charge in [-0.1, -0.05) is 46.0 Å². The van der Waals surface area contributed by atoms with Crippen molar-refractivity contribution in [1.82, 2.24) is 0 Å². The third-order valence-corrected chi connectivity index (χ3v) is 3.41. The van der Waals surface area contributed by atoms with Crippen LogP contribution >= 0.6 is 0 Å². The summed E-state index contributed by atoms with van der Waals surface area (Å²) >= 11 is 0. The first kappa shape index (κ1) is 19.8. The van der Waals surface area contributed by atoms with E-state index in [0.717, 1.165) is 18.9 Å². The zero-order chi connectivity index (χ0) is 14.9. The molecule has 0 saturated heterocycles. The molecule has 0 aromatic carbocycles. The molecule has 4 nitrogen and oxygen atoms in total. The van der Waals surface area contributed by atoms with Gasteiger partial charge in [0.25, 0.3) is 0 Å². The predicted octanol–water partition coefficient (Wildman–Crippen LogP) is 3.03. The van der Waals surface area contributed by atoms with Gasteiger partial charge in [0.1, 0.15) is 0 Å². The van der Waals surface area contributed by atoms with Crippen molar-refractivity contribution in [2.24, 2.45) is 5.92 Å². The Bertz CT molecular complexity index is 176. The van der Waals surface area contributed by atoms with Crippen LogP contribution in [0.2, 0.25) is 0 Å². The molecule has 1 atom stereocenters. The molecule has 0 aliphatic carbocycles. The number of unbranched alkanes of at least 4 members (excludes halogenated alkanes) is 3. The summed E-state index contributed by atoms with van der Waals surface area (Å²) in [6.45, 7) is 8.28. The highest BCUT2D eigenvalue weighted by atomic mass is 16.5. The Morgan fingerprint density at radius 2 is 1.30 bits per heavy atom. The molecule has 0 amide bonds. The molecule has 0 aliphatic heterocycles. The second-order valence-corrected chi connectivity index (χ2v) is 5.28. The summed E-state index contributed by atoms with van der Waals surface area (Å²) in [6.07, 6.45) is 7.77. The van der Waals surface area contributed by atoms with E-state index in [1.807, 2.05) is 0 Å². The Morgan fingerprint density at radius 3 is 1.90 bits per heavy atom. The lowest BCUT2D eigenvalue weighted by Gasteiger charge is -2.08. The van der Waals surface area contributed by atoms with Crippen LogP contribution in [0.25, 0.3) is 0 Å². The average molecular weight is 290 g/mol. The van der Waals surface area contributed by atoms with Crippen LogP contribution in [0.1, 0.15) is 52.4 Å². The topological polar surface area (TPSA) is 47.9 Å². The molecule has 20 heavy (non-hydrogen) atoms. The summed E-state index contributed by atoms with van der Waals surface area (Å²) in [5.74, 6) is 0.879. The summed E-state index contributed by atoms with van der Waals surface area (Å²) in [5.41, 5.74) is 0. The zero-order valence-corrected chi connectivity index (χ0v) is 13.4. The van der Waals surface area contributed by atoms with Crippen LogP contribution in [0, 0.1) is 5.92 Å². The molecule has 0 rings (SSSR count). The molecule has 0 bridgehead atoms. The number of aliphatic hydroxyl groups excluding tert-OH is 1. The molecular weight excluding hydrogens is 256 g/mol. The second-order valence-electron chi connectivity index (χ2n) is 5.28. The van der Waals surface area contributed by atoms with Crippen molar-refractivity contribution in [3.63, 3.8) is 0 Å². The molecule has 122 valence electrons. The molecule has 0 radical (unpaired) electrons. The zero-order valence-electron chi connectivity index (χ0n) is 13.4. The van der Waals surface area contributed by atoms with Crippen molar-refractivity contribution < 1.29 is 19.3 Å². The standard InChI is InChI=1S/C16H34O4/c1-3-16(2)8-6-4-5-7-10-18-12-14-20-15-13-19-11-9-17/h16-17H,3-15H2,1-2H3. The molecule has 1 unspecified atom stereocenters. The monoisotopic (exact) mass is 290 g/mol. The Kier molecular flexibility index (Phi) is 16.8. The Balaban J connectivity index is 2.96. The van der Waals surface area contributed by atoms with E-state index in [-0.39, 0.29) is 6.61 Å². The number of ether oxygens (including phenoxy) is 3. The van der Waals surface area contributed by atoms with E-state index in [1.54, 1.807) is 0 Å². The van der Waals surface area contributed by atoms with Gasteiger partial charge in [-0.3, -0.25) is 0 Å². The Labute approximate surface area is 124 Å². The summed E-state index contributed by atoms with van der Waals surface area (Å²) in [5, 5.41) is 8.50. The number of hydrogen-bond acceptors (Lipinski definition) is 4. The van der Waals surface area contributed by atoms with Gasteiger partial charge in [0.05, 0.1) is 39.6 Å². The number of aliphatic hydroxyl groups is 1. The van der Waals surface area contributed by atoms with Crippen LogP contribution in [-0.2, 0) is 14.2 Å². The van der Waals surface area contributed by atoms with Gasteiger partial charge in [-0.25, -0.2) is 0 Å². The molecule has 0 saturated carbocycles. The lowest BCUT2D eigenvalue weighted by atomic mass is 10.0. The Hall–Kier alpha value is -0.160. The van der Waals surface area contributed by atoms with Gasteiger partial charge >= 0.3 is 0 Å². The maximum Gasteiger partial charge on any atom is 0.0701 e. The molecule has 1 N–H and O–H groups in total. The van der Waals surface area contributed by atoms with Gasteiger partial charge in [0.15, 0.2) is 0 Å². The quantitative estimate of drug-likeness (QED) is 0.444. The highest BCUT2D eigenvalue weighted by molar-refractivity contribution is 4.51. The van der Waals surface area contributed by atoms with Crippen LogP contribution in [-0.4, -0.2) is 51.4 Å². The summed E-state index contributed by atoms with van der Waals surface area (Å²) in [6, 6.07) is 0. The fourth-order valence-corrected chi connectivity index (χ4v) is 1.86. The van der Waals surface area contributed by atoms with Gasteiger partial charge in [-0.2, -0.15) is 0 Å². The third-order valence-electron chi connectivity index (χ3n) is 3.41.